The second kappa shape index (κ2) is 6.97. The fourth-order valence-electron chi connectivity index (χ4n) is 1.98. The molecular formula is C16H17N5O2. The summed E-state index contributed by atoms with van der Waals surface area (Å²) >= 11 is 0. The molecule has 0 saturated carbocycles. The molecule has 0 aliphatic carbocycles. The first-order valence-electron chi connectivity index (χ1n) is 7.29. The summed E-state index contributed by atoms with van der Waals surface area (Å²) in [6.07, 6.45) is 5.42. The van der Waals surface area contributed by atoms with Crippen LogP contribution in [0.4, 0.5) is 0 Å². The molecule has 2 aromatic heterocycles. The largest absolute Gasteiger partial charge is 0.437 e. The van der Waals surface area contributed by atoms with Crippen molar-refractivity contribution in [3.05, 3.63) is 48.7 Å². The van der Waals surface area contributed by atoms with E-state index in [4.69, 9.17) is 9.26 Å². The highest BCUT2D eigenvalue weighted by Gasteiger charge is 2.12. The van der Waals surface area contributed by atoms with Crippen molar-refractivity contribution in [2.24, 2.45) is 0 Å². The lowest BCUT2D eigenvalue weighted by atomic mass is 10.2. The molecule has 0 saturated heterocycles. The van der Waals surface area contributed by atoms with Gasteiger partial charge in [0, 0.05) is 30.4 Å². The van der Waals surface area contributed by atoms with Crippen molar-refractivity contribution in [3.8, 4) is 23.1 Å². The second-order valence-electron chi connectivity index (χ2n) is 5.08. The van der Waals surface area contributed by atoms with E-state index in [1.165, 1.54) is 0 Å². The fraction of sp³-hybridized carbons (Fsp3) is 0.250. The SMILES string of the molecule is CNC(C)Cc1noc(-c2cccc(Oc3cnccn3)c2)n1. The van der Waals surface area contributed by atoms with E-state index in [1.807, 2.05) is 31.3 Å². The molecule has 3 aromatic rings. The topological polar surface area (TPSA) is 86.0 Å². The Balaban J connectivity index is 1.77. The Kier molecular flexibility index (Phi) is 4.58. The van der Waals surface area contributed by atoms with Crippen molar-refractivity contribution in [1.82, 2.24) is 25.4 Å². The number of hydrogen-bond acceptors (Lipinski definition) is 7. The minimum Gasteiger partial charge on any atom is -0.437 e. The molecule has 118 valence electrons. The third-order valence-electron chi connectivity index (χ3n) is 3.29. The Hall–Kier alpha value is -2.80. The zero-order valence-corrected chi connectivity index (χ0v) is 12.9. The van der Waals surface area contributed by atoms with Crippen molar-refractivity contribution in [2.75, 3.05) is 7.05 Å². The first kappa shape index (κ1) is 15.1. The number of likely N-dealkylation sites (N-methyl/N-ethyl adjacent to an activating group) is 1. The van der Waals surface area contributed by atoms with Crippen LogP contribution in [0, 0.1) is 0 Å². The number of hydrogen-bond donors (Lipinski definition) is 1. The summed E-state index contributed by atoms with van der Waals surface area (Å²) in [6.45, 7) is 2.06. The third-order valence-corrected chi connectivity index (χ3v) is 3.29. The van der Waals surface area contributed by atoms with Gasteiger partial charge in [-0.1, -0.05) is 11.2 Å². The average molecular weight is 311 g/mol. The van der Waals surface area contributed by atoms with Gasteiger partial charge in [-0.3, -0.25) is 4.98 Å². The summed E-state index contributed by atoms with van der Waals surface area (Å²) in [6, 6.07) is 7.70. The first-order chi connectivity index (χ1) is 11.2. The molecule has 1 atom stereocenters. The summed E-state index contributed by atoms with van der Waals surface area (Å²) in [7, 11) is 1.90. The van der Waals surface area contributed by atoms with Gasteiger partial charge in [0.25, 0.3) is 5.89 Å². The third kappa shape index (κ3) is 3.89. The quantitative estimate of drug-likeness (QED) is 0.748. The van der Waals surface area contributed by atoms with Crippen LogP contribution in [0.25, 0.3) is 11.5 Å². The lowest BCUT2D eigenvalue weighted by Gasteiger charge is -2.05. The normalized spacial score (nSPS) is 12.1. The Labute approximate surface area is 133 Å². The highest BCUT2D eigenvalue weighted by molar-refractivity contribution is 5.55. The van der Waals surface area contributed by atoms with Gasteiger partial charge in [0.1, 0.15) is 5.75 Å². The zero-order valence-electron chi connectivity index (χ0n) is 12.9. The van der Waals surface area contributed by atoms with Crippen LogP contribution in [0.5, 0.6) is 11.6 Å². The smallest absolute Gasteiger partial charge is 0.258 e. The molecule has 0 amide bonds. The highest BCUT2D eigenvalue weighted by Crippen LogP contribution is 2.25. The highest BCUT2D eigenvalue weighted by atomic mass is 16.5. The van der Waals surface area contributed by atoms with E-state index < -0.39 is 0 Å². The monoisotopic (exact) mass is 311 g/mol. The maximum absolute atomic E-state index is 5.66. The van der Waals surface area contributed by atoms with Gasteiger partial charge in [0.2, 0.25) is 5.88 Å². The Bertz CT molecular complexity index is 760. The number of rotatable bonds is 6. The minimum atomic E-state index is 0.284. The molecule has 7 nitrogen and oxygen atoms in total. The summed E-state index contributed by atoms with van der Waals surface area (Å²) in [5.41, 5.74) is 0.794. The molecule has 7 heteroatoms. The number of ether oxygens (including phenoxy) is 1. The van der Waals surface area contributed by atoms with Gasteiger partial charge in [-0.05, 0) is 32.2 Å². The molecule has 0 aliphatic rings. The molecule has 0 bridgehead atoms. The summed E-state index contributed by atoms with van der Waals surface area (Å²) in [5, 5.41) is 7.15. The molecular weight excluding hydrogens is 294 g/mol. The number of nitrogens with one attached hydrogen (secondary N) is 1. The van der Waals surface area contributed by atoms with Gasteiger partial charge in [0.15, 0.2) is 5.82 Å². The molecule has 0 spiro atoms. The summed E-state index contributed by atoms with van der Waals surface area (Å²) < 4.78 is 11.0. The number of benzene rings is 1. The summed E-state index contributed by atoms with van der Waals surface area (Å²) in [4.78, 5) is 12.5. The molecule has 0 radical (unpaired) electrons. The zero-order chi connectivity index (χ0) is 16.1. The average Bonchev–Trinajstić information content (AvgIpc) is 3.04. The second-order valence-corrected chi connectivity index (χ2v) is 5.08. The molecule has 0 aliphatic heterocycles. The Morgan fingerprint density at radius 2 is 2.22 bits per heavy atom. The molecule has 1 N–H and O–H groups in total. The summed E-state index contributed by atoms with van der Waals surface area (Å²) in [5.74, 6) is 2.19. The van der Waals surface area contributed by atoms with Crippen molar-refractivity contribution in [2.45, 2.75) is 19.4 Å². The van der Waals surface area contributed by atoms with Gasteiger partial charge >= 0.3 is 0 Å². The Morgan fingerprint density at radius 3 is 3.00 bits per heavy atom. The van der Waals surface area contributed by atoms with Crippen LogP contribution in [-0.2, 0) is 6.42 Å². The standard InChI is InChI=1S/C16H17N5O2/c1-11(17-2)8-14-20-16(23-21-14)12-4-3-5-13(9-12)22-15-10-18-6-7-19-15/h3-7,9-11,17H,8H2,1-2H3. The van der Waals surface area contributed by atoms with Gasteiger partial charge in [-0.25, -0.2) is 4.98 Å². The lowest BCUT2D eigenvalue weighted by Crippen LogP contribution is -2.24. The van der Waals surface area contributed by atoms with Crippen LogP contribution in [0.15, 0.2) is 47.4 Å². The van der Waals surface area contributed by atoms with Crippen LogP contribution < -0.4 is 10.1 Å². The molecule has 1 aromatic carbocycles. The van der Waals surface area contributed by atoms with E-state index in [0.717, 1.165) is 5.56 Å². The molecule has 0 fully saturated rings. The predicted octanol–water partition coefficient (Wildman–Crippen LogP) is 2.47. The maximum Gasteiger partial charge on any atom is 0.258 e. The molecule has 23 heavy (non-hydrogen) atoms. The maximum atomic E-state index is 5.66. The van der Waals surface area contributed by atoms with Crippen molar-refractivity contribution < 1.29 is 9.26 Å². The van der Waals surface area contributed by atoms with Crippen molar-refractivity contribution >= 4 is 0 Å². The minimum absolute atomic E-state index is 0.284. The van der Waals surface area contributed by atoms with Crippen LogP contribution in [-0.4, -0.2) is 33.2 Å². The number of aromatic nitrogens is 4. The number of nitrogens with zero attached hydrogens (tertiary/aromatic N) is 4. The van der Waals surface area contributed by atoms with E-state index >= 15 is 0 Å². The van der Waals surface area contributed by atoms with Crippen LogP contribution in [0.1, 0.15) is 12.7 Å². The predicted molar refractivity (Wildman–Crippen MR) is 84.1 cm³/mol. The first-order valence-corrected chi connectivity index (χ1v) is 7.29. The van der Waals surface area contributed by atoms with Crippen molar-refractivity contribution in [3.63, 3.8) is 0 Å². The molecule has 2 heterocycles. The lowest BCUT2D eigenvalue weighted by molar-refractivity contribution is 0.417. The van der Waals surface area contributed by atoms with E-state index in [1.54, 1.807) is 18.6 Å². The van der Waals surface area contributed by atoms with E-state index in [-0.39, 0.29) is 6.04 Å². The van der Waals surface area contributed by atoms with Gasteiger partial charge in [-0.15, -0.1) is 0 Å². The van der Waals surface area contributed by atoms with Gasteiger partial charge in [0.05, 0.1) is 6.20 Å². The van der Waals surface area contributed by atoms with Crippen LogP contribution in [0.3, 0.4) is 0 Å². The van der Waals surface area contributed by atoms with Crippen molar-refractivity contribution in [1.29, 1.82) is 0 Å². The van der Waals surface area contributed by atoms with Gasteiger partial charge < -0.3 is 14.6 Å². The fourth-order valence-corrected chi connectivity index (χ4v) is 1.98. The molecule has 1 unspecified atom stereocenters. The van der Waals surface area contributed by atoms with Crippen LogP contribution >= 0.6 is 0 Å². The van der Waals surface area contributed by atoms with E-state index in [0.29, 0.717) is 29.8 Å². The van der Waals surface area contributed by atoms with E-state index in [9.17, 15) is 0 Å². The molecule has 3 rings (SSSR count). The Morgan fingerprint density at radius 1 is 1.30 bits per heavy atom. The van der Waals surface area contributed by atoms with E-state index in [2.05, 4.69) is 32.3 Å². The van der Waals surface area contributed by atoms with Gasteiger partial charge in [-0.2, -0.15) is 4.98 Å². The van der Waals surface area contributed by atoms with Crippen LogP contribution in [0.2, 0.25) is 0 Å².